The Kier molecular flexibility index (Phi) is 4.35. The predicted octanol–water partition coefficient (Wildman–Crippen LogP) is -1.53. The van der Waals surface area contributed by atoms with Crippen molar-refractivity contribution in [2.45, 2.75) is 6.42 Å². The fraction of sp³-hybridized carbons (Fsp3) is 0.375. The van der Waals surface area contributed by atoms with Crippen LogP contribution in [-0.4, -0.2) is 36.6 Å². The first kappa shape index (κ1) is 13.3. The molecule has 0 fully saturated rings. The molecule has 9 heteroatoms. The highest BCUT2D eigenvalue weighted by molar-refractivity contribution is 7.89. The average molecular weight is 259 g/mol. The molecule has 0 aromatic carbocycles. The molecular weight excluding hydrogens is 246 g/mol. The number of primary sulfonamides is 1. The van der Waals surface area contributed by atoms with Crippen LogP contribution in [0.4, 0.5) is 5.82 Å². The Labute approximate surface area is 98.5 Å². The van der Waals surface area contributed by atoms with Gasteiger partial charge in [-0.05, 0) is 6.42 Å². The fourth-order valence-electron chi connectivity index (χ4n) is 1.02. The molecule has 5 N–H and O–H groups in total. The number of nitrogen functional groups attached to an aromatic ring is 1. The van der Waals surface area contributed by atoms with Crippen molar-refractivity contribution in [1.29, 1.82) is 0 Å². The number of amides is 1. The Balaban J connectivity index is 2.38. The van der Waals surface area contributed by atoms with Crippen molar-refractivity contribution in [2.75, 3.05) is 18.0 Å². The minimum Gasteiger partial charge on any atom is -0.382 e. The van der Waals surface area contributed by atoms with Gasteiger partial charge in [-0.1, -0.05) is 0 Å². The molecule has 1 amide bonds. The minimum absolute atomic E-state index is 0.120. The summed E-state index contributed by atoms with van der Waals surface area (Å²) in [5.41, 5.74) is 5.43. The van der Waals surface area contributed by atoms with E-state index in [-0.39, 0.29) is 30.2 Å². The van der Waals surface area contributed by atoms with Crippen molar-refractivity contribution in [2.24, 2.45) is 5.14 Å². The maximum absolute atomic E-state index is 11.4. The minimum atomic E-state index is -3.49. The zero-order valence-electron chi connectivity index (χ0n) is 8.96. The lowest BCUT2D eigenvalue weighted by atomic mass is 10.4. The predicted molar refractivity (Wildman–Crippen MR) is 61.4 cm³/mol. The largest absolute Gasteiger partial charge is 0.382 e. The molecule has 0 saturated carbocycles. The summed E-state index contributed by atoms with van der Waals surface area (Å²) in [6.45, 7) is 0.196. The fourth-order valence-corrected chi connectivity index (χ4v) is 1.57. The maximum Gasteiger partial charge on any atom is 0.271 e. The number of carbonyl (C=O) groups excluding carboxylic acids is 1. The van der Waals surface area contributed by atoms with Gasteiger partial charge in [0.25, 0.3) is 5.91 Å². The normalized spacial score (nSPS) is 11.1. The second kappa shape index (κ2) is 5.55. The van der Waals surface area contributed by atoms with E-state index in [2.05, 4.69) is 15.3 Å². The molecule has 1 aromatic rings. The van der Waals surface area contributed by atoms with Gasteiger partial charge in [0.1, 0.15) is 11.5 Å². The molecule has 0 saturated heterocycles. The van der Waals surface area contributed by atoms with E-state index in [0.717, 1.165) is 0 Å². The van der Waals surface area contributed by atoms with Gasteiger partial charge in [0, 0.05) is 6.54 Å². The van der Waals surface area contributed by atoms with Crippen LogP contribution in [-0.2, 0) is 10.0 Å². The van der Waals surface area contributed by atoms with Gasteiger partial charge in [-0.2, -0.15) is 0 Å². The number of hydrogen-bond acceptors (Lipinski definition) is 6. The van der Waals surface area contributed by atoms with Crippen molar-refractivity contribution < 1.29 is 13.2 Å². The number of nitrogens with two attached hydrogens (primary N) is 2. The summed E-state index contributed by atoms with van der Waals surface area (Å²) < 4.78 is 21.2. The molecule has 17 heavy (non-hydrogen) atoms. The van der Waals surface area contributed by atoms with Crippen LogP contribution in [0.2, 0.25) is 0 Å². The van der Waals surface area contributed by atoms with Gasteiger partial charge in [-0.15, -0.1) is 0 Å². The number of nitrogens with one attached hydrogen (secondary N) is 1. The van der Waals surface area contributed by atoms with Gasteiger partial charge in [-0.25, -0.2) is 23.5 Å². The van der Waals surface area contributed by atoms with E-state index in [0.29, 0.717) is 0 Å². The van der Waals surface area contributed by atoms with Gasteiger partial charge < -0.3 is 11.1 Å². The van der Waals surface area contributed by atoms with E-state index in [1.165, 1.54) is 12.4 Å². The van der Waals surface area contributed by atoms with E-state index in [1.807, 2.05) is 0 Å². The molecule has 0 aliphatic carbocycles. The lowest BCUT2D eigenvalue weighted by Crippen LogP contribution is -2.28. The highest BCUT2D eigenvalue weighted by Crippen LogP contribution is 1.95. The smallest absolute Gasteiger partial charge is 0.271 e. The Morgan fingerprint density at radius 3 is 2.59 bits per heavy atom. The first-order valence-corrected chi connectivity index (χ1v) is 6.46. The lowest BCUT2D eigenvalue weighted by Gasteiger charge is -2.03. The summed E-state index contributed by atoms with van der Waals surface area (Å²) in [4.78, 5) is 18.9. The zero-order valence-corrected chi connectivity index (χ0v) is 9.77. The monoisotopic (exact) mass is 259 g/mol. The van der Waals surface area contributed by atoms with Crippen LogP contribution in [0.3, 0.4) is 0 Å². The molecule has 0 spiro atoms. The molecule has 8 nitrogen and oxygen atoms in total. The Hall–Kier alpha value is -1.74. The zero-order chi connectivity index (χ0) is 12.9. The van der Waals surface area contributed by atoms with E-state index in [4.69, 9.17) is 10.9 Å². The van der Waals surface area contributed by atoms with Crippen LogP contribution in [0.15, 0.2) is 12.4 Å². The molecule has 1 aromatic heterocycles. The summed E-state index contributed by atoms with van der Waals surface area (Å²) in [7, 11) is -3.49. The molecule has 0 unspecified atom stereocenters. The first-order chi connectivity index (χ1) is 7.88. The molecule has 1 heterocycles. The van der Waals surface area contributed by atoms with Gasteiger partial charge in [-0.3, -0.25) is 4.79 Å². The van der Waals surface area contributed by atoms with Crippen molar-refractivity contribution in [1.82, 2.24) is 15.3 Å². The summed E-state index contributed by atoms with van der Waals surface area (Å²) in [6.07, 6.45) is 2.75. The van der Waals surface area contributed by atoms with Gasteiger partial charge in [0.05, 0.1) is 18.1 Å². The number of anilines is 1. The summed E-state index contributed by atoms with van der Waals surface area (Å²) >= 11 is 0. The van der Waals surface area contributed by atoms with Crippen molar-refractivity contribution >= 4 is 21.7 Å². The third kappa shape index (κ3) is 5.22. The van der Waals surface area contributed by atoms with Crippen LogP contribution in [0, 0.1) is 0 Å². The van der Waals surface area contributed by atoms with E-state index in [9.17, 15) is 13.2 Å². The quantitative estimate of drug-likeness (QED) is 0.547. The highest BCUT2D eigenvalue weighted by Gasteiger charge is 2.07. The second-order valence-corrected chi connectivity index (χ2v) is 5.04. The molecule has 0 aliphatic heterocycles. The van der Waals surface area contributed by atoms with Crippen LogP contribution >= 0.6 is 0 Å². The number of rotatable bonds is 5. The second-order valence-electron chi connectivity index (χ2n) is 3.30. The summed E-state index contributed by atoms with van der Waals surface area (Å²) in [5, 5.41) is 7.29. The summed E-state index contributed by atoms with van der Waals surface area (Å²) in [5.74, 6) is -0.400. The molecule has 0 atom stereocenters. The standard InChI is InChI=1S/C8H13N5O3S/c9-7-5-12-6(4-13-7)8(14)11-2-1-3-17(10,15)16/h4-5H,1-3H2,(H2,9,13)(H,11,14)(H2,10,15,16). The van der Waals surface area contributed by atoms with Crippen molar-refractivity contribution in [3.05, 3.63) is 18.1 Å². The number of aromatic nitrogens is 2. The van der Waals surface area contributed by atoms with E-state index >= 15 is 0 Å². The molecule has 0 bridgehead atoms. The van der Waals surface area contributed by atoms with Gasteiger partial charge in [0.15, 0.2) is 0 Å². The van der Waals surface area contributed by atoms with Crippen molar-refractivity contribution in [3.8, 4) is 0 Å². The van der Waals surface area contributed by atoms with Crippen molar-refractivity contribution in [3.63, 3.8) is 0 Å². The Bertz CT molecular complexity index is 484. The molecule has 0 radical (unpaired) electrons. The highest BCUT2D eigenvalue weighted by atomic mass is 32.2. The third-order valence-corrected chi connectivity index (χ3v) is 2.65. The first-order valence-electron chi connectivity index (χ1n) is 4.75. The average Bonchev–Trinajstić information content (AvgIpc) is 2.24. The Morgan fingerprint density at radius 1 is 1.35 bits per heavy atom. The SMILES string of the molecule is Nc1cnc(C(=O)NCCCS(N)(=O)=O)cn1. The Morgan fingerprint density at radius 2 is 2.06 bits per heavy atom. The van der Waals surface area contributed by atoms with Gasteiger partial charge >= 0.3 is 0 Å². The van der Waals surface area contributed by atoms with Crippen LogP contribution in [0.25, 0.3) is 0 Å². The van der Waals surface area contributed by atoms with Crippen LogP contribution < -0.4 is 16.2 Å². The van der Waals surface area contributed by atoms with E-state index in [1.54, 1.807) is 0 Å². The van der Waals surface area contributed by atoms with Crippen LogP contribution in [0.5, 0.6) is 0 Å². The molecule has 1 rings (SSSR count). The van der Waals surface area contributed by atoms with E-state index < -0.39 is 15.9 Å². The van der Waals surface area contributed by atoms with Crippen LogP contribution in [0.1, 0.15) is 16.9 Å². The van der Waals surface area contributed by atoms with Gasteiger partial charge in [0.2, 0.25) is 10.0 Å². The summed E-state index contributed by atoms with van der Waals surface area (Å²) in [6, 6.07) is 0. The number of hydrogen-bond donors (Lipinski definition) is 3. The third-order valence-electron chi connectivity index (χ3n) is 1.80. The lowest BCUT2D eigenvalue weighted by molar-refractivity contribution is 0.0948. The topological polar surface area (TPSA) is 141 Å². The number of nitrogens with zero attached hydrogens (tertiary/aromatic N) is 2. The molecule has 0 aliphatic rings. The number of sulfonamides is 1. The number of carbonyl (C=O) groups is 1. The maximum atomic E-state index is 11.4. The molecular formula is C8H13N5O3S. The molecule has 94 valence electrons.